The van der Waals surface area contributed by atoms with Crippen molar-refractivity contribution in [2.45, 2.75) is 44.0 Å². The Morgan fingerprint density at radius 3 is 2.42 bits per heavy atom. The molecule has 0 radical (unpaired) electrons. The zero-order valence-electron chi connectivity index (χ0n) is 10.2. The summed E-state index contributed by atoms with van der Waals surface area (Å²) in [5.74, 6) is -0.951. The van der Waals surface area contributed by atoms with Gasteiger partial charge >= 0.3 is 6.18 Å². The largest absolute Gasteiger partial charge is 0.416 e. The predicted molar refractivity (Wildman–Crippen MR) is 63.3 cm³/mol. The van der Waals surface area contributed by atoms with E-state index in [4.69, 9.17) is 0 Å². The molecule has 0 heterocycles. The van der Waals surface area contributed by atoms with Gasteiger partial charge in [-0.1, -0.05) is 12.8 Å². The highest BCUT2D eigenvalue weighted by molar-refractivity contribution is 5.48. The standard InChI is InChI=1S/C13H15F4NO/c14-9-7-8(13(15,16)17)5-6-10(9)18-11-3-1-2-4-12(11)19/h5-7,11-12,18-19H,1-4H2. The minimum Gasteiger partial charge on any atom is -0.391 e. The van der Waals surface area contributed by atoms with Gasteiger partial charge in [-0.2, -0.15) is 13.2 Å². The third kappa shape index (κ3) is 3.37. The summed E-state index contributed by atoms with van der Waals surface area (Å²) >= 11 is 0. The molecule has 1 aliphatic carbocycles. The van der Waals surface area contributed by atoms with E-state index in [9.17, 15) is 22.7 Å². The lowest BCUT2D eigenvalue weighted by Crippen LogP contribution is -2.36. The van der Waals surface area contributed by atoms with Crippen LogP contribution in [0.15, 0.2) is 18.2 Å². The molecule has 0 saturated heterocycles. The van der Waals surface area contributed by atoms with Gasteiger partial charge in [0.25, 0.3) is 0 Å². The monoisotopic (exact) mass is 277 g/mol. The molecule has 1 aromatic rings. The van der Waals surface area contributed by atoms with Crippen molar-refractivity contribution in [3.63, 3.8) is 0 Å². The van der Waals surface area contributed by atoms with Gasteiger partial charge in [0.15, 0.2) is 0 Å². The lowest BCUT2D eigenvalue weighted by Gasteiger charge is -2.29. The van der Waals surface area contributed by atoms with E-state index in [-0.39, 0.29) is 11.7 Å². The van der Waals surface area contributed by atoms with Gasteiger partial charge in [-0.3, -0.25) is 0 Å². The summed E-state index contributed by atoms with van der Waals surface area (Å²) in [6.07, 6.45) is -2.01. The molecule has 6 heteroatoms. The van der Waals surface area contributed by atoms with Gasteiger partial charge in [-0.15, -0.1) is 0 Å². The number of benzene rings is 1. The van der Waals surface area contributed by atoms with Crippen LogP contribution in [0.1, 0.15) is 31.2 Å². The van der Waals surface area contributed by atoms with E-state index in [0.717, 1.165) is 25.0 Å². The molecule has 0 bridgehead atoms. The van der Waals surface area contributed by atoms with Crippen molar-refractivity contribution >= 4 is 5.69 Å². The third-order valence-electron chi connectivity index (χ3n) is 3.37. The highest BCUT2D eigenvalue weighted by atomic mass is 19.4. The molecule has 0 aliphatic heterocycles. The highest BCUT2D eigenvalue weighted by Gasteiger charge is 2.31. The zero-order chi connectivity index (χ0) is 14.0. The SMILES string of the molecule is OC1CCCCC1Nc1ccc(C(F)(F)F)cc1F. The number of aliphatic hydroxyl groups excluding tert-OH is 1. The second kappa shape index (κ2) is 5.36. The summed E-state index contributed by atoms with van der Waals surface area (Å²) in [5.41, 5.74) is -1.02. The maximum atomic E-state index is 13.6. The maximum Gasteiger partial charge on any atom is 0.416 e. The number of nitrogens with one attached hydrogen (secondary N) is 1. The first-order valence-corrected chi connectivity index (χ1v) is 6.19. The Balaban J connectivity index is 2.13. The predicted octanol–water partition coefficient (Wildman–Crippen LogP) is 3.56. The molecule has 2 unspecified atom stereocenters. The third-order valence-corrected chi connectivity index (χ3v) is 3.37. The molecule has 1 saturated carbocycles. The van der Waals surface area contributed by atoms with E-state index in [0.29, 0.717) is 18.9 Å². The van der Waals surface area contributed by atoms with E-state index in [1.807, 2.05) is 0 Å². The first kappa shape index (κ1) is 14.1. The molecule has 2 nitrogen and oxygen atoms in total. The van der Waals surface area contributed by atoms with Crippen LogP contribution in [0.4, 0.5) is 23.2 Å². The number of rotatable bonds is 2. The van der Waals surface area contributed by atoms with Crippen molar-refractivity contribution in [1.29, 1.82) is 0 Å². The van der Waals surface area contributed by atoms with Crippen LogP contribution in [0.25, 0.3) is 0 Å². The van der Waals surface area contributed by atoms with Gasteiger partial charge in [0.1, 0.15) is 5.82 Å². The van der Waals surface area contributed by atoms with Gasteiger partial charge < -0.3 is 10.4 Å². The Hall–Kier alpha value is -1.30. The average molecular weight is 277 g/mol. The molecular formula is C13H15F4NO. The molecule has 0 spiro atoms. The molecule has 2 atom stereocenters. The van der Waals surface area contributed by atoms with Crippen LogP contribution in [0.3, 0.4) is 0 Å². The summed E-state index contributed by atoms with van der Waals surface area (Å²) in [5, 5.41) is 12.5. The number of aliphatic hydroxyl groups is 1. The average Bonchev–Trinajstić information content (AvgIpc) is 2.33. The molecule has 19 heavy (non-hydrogen) atoms. The quantitative estimate of drug-likeness (QED) is 0.810. The maximum absolute atomic E-state index is 13.6. The molecule has 2 rings (SSSR count). The Bertz CT molecular complexity index is 447. The van der Waals surface area contributed by atoms with Gasteiger partial charge in [-0.25, -0.2) is 4.39 Å². The van der Waals surface area contributed by atoms with E-state index >= 15 is 0 Å². The summed E-state index contributed by atoms with van der Waals surface area (Å²) in [6.45, 7) is 0. The van der Waals surface area contributed by atoms with Gasteiger partial charge in [0, 0.05) is 0 Å². The second-order valence-corrected chi connectivity index (χ2v) is 4.80. The Kier molecular flexibility index (Phi) is 3.99. The smallest absolute Gasteiger partial charge is 0.391 e. The molecule has 106 valence electrons. The highest BCUT2D eigenvalue weighted by Crippen LogP contribution is 2.32. The second-order valence-electron chi connectivity index (χ2n) is 4.80. The minimum atomic E-state index is -4.55. The van der Waals surface area contributed by atoms with E-state index in [2.05, 4.69) is 5.32 Å². The van der Waals surface area contributed by atoms with Gasteiger partial charge in [0.2, 0.25) is 0 Å². The van der Waals surface area contributed by atoms with Crippen LogP contribution in [-0.4, -0.2) is 17.3 Å². The van der Waals surface area contributed by atoms with Crippen LogP contribution < -0.4 is 5.32 Å². The zero-order valence-corrected chi connectivity index (χ0v) is 10.2. The van der Waals surface area contributed by atoms with Crippen molar-refractivity contribution in [3.05, 3.63) is 29.6 Å². The number of halogens is 4. The molecule has 0 aromatic heterocycles. The van der Waals surface area contributed by atoms with Crippen LogP contribution >= 0.6 is 0 Å². The normalized spacial score (nSPS) is 24.3. The lowest BCUT2D eigenvalue weighted by molar-refractivity contribution is -0.137. The number of hydrogen-bond acceptors (Lipinski definition) is 2. The molecule has 0 amide bonds. The van der Waals surface area contributed by atoms with Crippen molar-refractivity contribution in [2.75, 3.05) is 5.32 Å². The Morgan fingerprint density at radius 1 is 1.16 bits per heavy atom. The molecular weight excluding hydrogens is 262 g/mol. The summed E-state index contributed by atoms with van der Waals surface area (Å²) < 4.78 is 50.8. The lowest BCUT2D eigenvalue weighted by atomic mass is 9.92. The fourth-order valence-corrected chi connectivity index (χ4v) is 2.29. The fourth-order valence-electron chi connectivity index (χ4n) is 2.29. The number of hydrogen-bond donors (Lipinski definition) is 2. The summed E-state index contributed by atoms with van der Waals surface area (Å²) in [6, 6.07) is 2.07. The van der Waals surface area contributed by atoms with Crippen LogP contribution in [0, 0.1) is 5.82 Å². The van der Waals surface area contributed by atoms with Crippen molar-refractivity contribution in [1.82, 2.24) is 0 Å². The van der Waals surface area contributed by atoms with E-state index < -0.39 is 23.7 Å². The van der Waals surface area contributed by atoms with E-state index in [1.54, 1.807) is 0 Å². The van der Waals surface area contributed by atoms with Crippen LogP contribution in [0.2, 0.25) is 0 Å². The van der Waals surface area contributed by atoms with Crippen LogP contribution in [0.5, 0.6) is 0 Å². The first-order chi connectivity index (χ1) is 8.88. The molecule has 1 aliphatic rings. The minimum absolute atomic E-state index is 0.000972. The molecule has 1 aromatic carbocycles. The van der Waals surface area contributed by atoms with Crippen LogP contribution in [-0.2, 0) is 6.18 Å². The first-order valence-electron chi connectivity index (χ1n) is 6.19. The van der Waals surface area contributed by atoms with Crippen molar-refractivity contribution in [2.24, 2.45) is 0 Å². The van der Waals surface area contributed by atoms with Crippen molar-refractivity contribution in [3.8, 4) is 0 Å². The topological polar surface area (TPSA) is 32.3 Å². The van der Waals surface area contributed by atoms with Crippen molar-refractivity contribution < 1.29 is 22.7 Å². The molecule has 1 fully saturated rings. The fraction of sp³-hybridized carbons (Fsp3) is 0.538. The van der Waals surface area contributed by atoms with Gasteiger partial charge in [-0.05, 0) is 31.0 Å². The number of anilines is 1. The number of alkyl halides is 3. The molecule has 2 N–H and O–H groups in total. The Labute approximate surface area is 108 Å². The van der Waals surface area contributed by atoms with Gasteiger partial charge in [0.05, 0.1) is 23.4 Å². The Morgan fingerprint density at radius 2 is 1.84 bits per heavy atom. The summed E-state index contributed by atoms with van der Waals surface area (Å²) in [4.78, 5) is 0. The summed E-state index contributed by atoms with van der Waals surface area (Å²) in [7, 11) is 0. The van der Waals surface area contributed by atoms with E-state index in [1.165, 1.54) is 0 Å².